The van der Waals surface area contributed by atoms with Gasteiger partial charge in [0, 0.05) is 73.3 Å². The van der Waals surface area contributed by atoms with Gasteiger partial charge in [-0.3, -0.25) is 19.3 Å². The van der Waals surface area contributed by atoms with E-state index in [0.717, 1.165) is 11.1 Å². The summed E-state index contributed by atoms with van der Waals surface area (Å²) in [7, 11) is 0. The van der Waals surface area contributed by atoms with Crippen LogP contribution < -0.4 is 10.6 Å². The summed E-state index contributed by atoms with van der Waals surface area (Å²) in [4.78, 5) is 42.6. The number of hydrogen-bond acceptors (Lipinski definition) is 4. The Balaban J connectivity index is 1.61. The predicted octanol–water partition coefficient (Wildman–Crippen LogP) is 5.11. The average molecular weight is 574 g/mol. The number of benzene rings is 2. The third-order valence-electron chi connectivity index (χ3n) is 7.60. The van der Waals surface area contributed by atoms with Crippen molar-refractivity contribution in [3.63, 3.8) is 0 Å². The number of nitrogens with zero attached hydrogens (tertiary/aromatic N) is 2. The molecule has 1 atom stereocenters. The van der Waals surface area contributed by atoms with Gasteiger partial charge in [0.1, 0.15) is 5.54 Å². The standard InChI is InChI=1S/C30H38Cl2N4O3/c1-20(37)35-13-10-22(11-14-35)27(38)33-12-15-36(19-29(2,3)4)30(18-21-6-5-7-23(31)16-21)25-9-8-24(32)17-26(25)34-28(30)39/h5-9,16-17,22H,10-15,18-19H2,1-4H3,(H,33,38)(H,34,39)/t30-/m1/s1. The number of halogens is 2. The molecule has 210 valence electrons. The van der Waals surface area contributed by atoms with Crippen molar-refractivity contribution < 1.29 is 14.4 Å². The fourth-order valence-corrected chi connectivity index (χ4v) is 6.15. The fourth-order valence-electron chi connectivity index (χ4n) is 5.76. The van der Waals surface area contributed by atoms with Gasteiger partial charge in [-0.1, -0.05) is 62.2 Å². The van der Waals surface area contributed by atoms with E-state index in [-0.39, 0.29) is 29.1 Å². The Kier molecular flexibility index (Phi) is 8.94. The molecular weight excluding hydrogens is 535 g/mol. The first-order chi connectivity index (χ1) is 18.4. The molecule has 2 aromatic carbocycles. The fraction of sp³-hybridized carbons (Fsp3) is 0.500. The molecule has 4 rings (SSSR count). The van der Waals surface area contributed by atoms with Gasteiger partial charge in [-0.15, -0.1) is 0 Å². The maximum Gasteiger partial charge on any atom is 0.249 e. The van der Waals surface area contributed by atoms with Crippen LogP contribution in [-0.2, 0) is 26.3 Å². The van der Waals surface area contributed by atoms with Crippen molar-refractivity contribution in [1.29, 1.82) is 0 Å². The van der Waals surface area contributed by atoms with Crippen molar-refractivity contribution in [2.75, 3.05) is 38.0 Å². The average Bonchev–Trinajstić information content (AvgIpc) is 3.13. The van der Waals surface area contributed by atoms with Crippen molar-refractivity contribution in [3.8, 4) is 0 Å². The molecule has 7 nitrogen and oxygen atoms in total. The Morgan fingerprint density at radius 2 is 1.79 bits per heavy atom. The summed E-state index contributed by atoms with van der Waals surface area (Å²) in [5.41, 5.74) is 1.38. The van der Waals surface area contributed by atoms with E-state index in [4.69, 9.17) is 23.2 Å². The normalized spacial score (nSPS) is 19.7. The highest BCUT2D eigenvalue weighted by atomic mass is 35.5. The molecule has 0 aliphatic carbocycles. The molecule has 2 aliphatic heterocycles. The summed E-state index contributed by atoms with van der Waals surface area (Å²) in [6.45, 7) is 10.7. The van der Waals surface area contributed by atoms with E-state index in [1.54, 1.807) is 17.9 Å². The number of fused-ring (bicyclic) bond motifs is 1. The molecule has 2 heterocycles. The summed E-state index contributed by atoms with van der Waals surface area (Å²) in [5.74, 6) is -0.185. The zero-order valence-electron chi connectivity index (χ0n) is 23.2. The zero-order valence-corrected chi connectivity index (χ0v) is 24.7. The molecule has 0 spiro atoms. The minimum Gasteiger partial charge on any atom is -0.355 e. The predicted molar refractivity (Wildman–Crippen MR) is 156 cm³/mol. The van der Waals surface area contributed by atoms with Crippen LogP contribution in [0.25, 0.3) is 0 Å². The van der Waals surface area contributed by atoms with Gasteiger partial charge in [0.25, 0.3) is 0 Å². The maximum atomic E-state index is 14.0. The quantitative estimate of drug-likeness (QED) is 0.460. The second kappa shape index (κ2) is 11.9. The molecule has 0 aromatic heterocycles. The van der Waals surface area contributed by atoms with Gasteiger partial charge in [-0.2, -0.15) is 0 Å². The van der Waals surface area contributed by atoms with Crippen LogP contribution in [0.4, 0.5) is 5.69 Å². The molecule has 0 radical (unpaired) electrons. The van der Waals surface area contributed by atoms with Crippen LogP contribution in [-0.4, -0.2) is 60.2 Å². The first-order valence-electron chi connectivity index (χ1n) is 13.5. The van der Waals surface area contributed by atoms with Crippen LogP contribution in [0, 0.1) is 11.3 Å². The van der Waals surface area contributed by atoms with Crippen LogP contribution in [0.3, 0.4) is 0 Å². The highest BCUT2D eigenvalue weighted by Crippen LogP contribution is 2.45. The van der Waals surface area contributed by atoms with Crippen molar-refractivity contribution in [2.24, 2.45) is 11.3 Å². The third kappa shape index (κ3) is 6.76. The van der Waals surface area contributed by atoms with E-state index in [0.29, 0.717) is 67.7 Å². The minimum absolute atomic E-state index is 0.000794. The summed E-state index contributed by atoms with van der Waals surface area (Å²) in [5, 5.41) is 7.36. The first kappa shape index (κ1) is 29.4. The van der Waals surface area contributed by atoms with Gasteiger partial charge in [-0.05, 0) is 48.1 Å². The molecule has 2 N–H and O–H groups in total. The number of carbonyl (C=O) groups excluding carboxylic acids is 3. The molecule has 1 fully saturated rings. The van der Waals surface area contributed by atoms with Crippen molar-refractivity contribution >= 4 is 46.6 Å². The summed E-state index contributed by atoms with van der Waals surface area (Å²) in [6, 6.07) is 13.1. The summed E-state index contributed by atoms with van der Waals surface area (Å²) < 4.78 is 0. The van der Waals surface area contributed by atoms with Gasteiger partial charge in [0.15, 0.2) is 0 Å². The number of nitrogens with one attached hydrogen (secondary N) is 2. The van der Waals surface area contributed by atoms with Crippen molar-refractivity contribution in [1.82, 2.24) is 15.1 Å². The maximum absolute atomic E-state index is 14.0. The van der Waals surface area contributed by atoms with Crippen LogP contribution in [0.5, 0.6) is 0 Å². The minimum atomic E-state index is -1.00. The van der Waals surface area contributed by atoms with Gasteiger partial charge >= 0.3 is 0 Å². The van der Waals surface area contributed by atoms with Gasteiger partial charge < -0.3 is 15.5 Å². The Hall–Kier alpha value is -2.61. The number of anilines is 1. The molecule has 3 amide bonds. The Bertz CT molecular complexity index is 1240. The van der Waals surface area contributed by atoms with Gasteiger partial charge in [-0.25, -0.2) is 0 Å². The second-order valence-corrected chi connectivity index (χ2v) is 12.7. The third-order valence-corrected chi connectivity index (χ3v) is 8.07. The molecule has 0 bridgehead atoms. The Morgan fingerprint density at radius 3 is 2.44 bits per heavy atom. The zero-order chi connectivity index (χ0) is 28.4. The highest BCUT2D eigenvalue weighted by Gasteiger charge is 2.51. The second-order valence-electron chi connectivity index (χ2n) is 11.9. The molecule has 2 aromatic rings. The van der Waals surface area contributed by atoms with Crippen molar-refractivity contribution in [2.45, 2.75) is 52.5 Å². The molecule has 9 heteroatoms. The molecule has 2 aliphatic rings. The molecule has 39 heavy (non-hydrogen) atoms. The van der Waals surface area contributed by atoms with Gasteiger partial charge in [0.05, 0.1) is 0 Å². The number of carbonyl (C=O) groups is 3. The number of hydrogen-bond donors (Lipinski definition) is 2. The van der Waals surface area contributed by atoms with Crippen LogP contribution in [0.2, 0.25) is 10.0 Å². The van der Waals surface area contributed by atoms with Crippen LogP contribution in [0.1, 0.15) is 51.7 Å². The van der Waals surface area contributed by atoms with E-state index in [1.807, 2.05) is 36.4 Å². The van der Waals surface area contributed by atoms with Gasteiger partial charge in [0.2, 0.25) is 17.7 Å². The highest BCUT2D eigenvalue weighted by molar-refractivity contribution is 6.31. The lowest BCUT2D eigenvalue weighted by Crippen LogP contribution is -2.57. The van der Waals surface area contributed by atoms with E-state index in [1.165, 1.54) is 0 Å². The molecule has 0 unspecified atom stereocenters. The van der Waals surface area contributed by atoms with Crippen LogP contribution in [0.15, 0.2) is 42.5 Å². The number of likely N-dealkylation sites (tertiary alicyclic amines) is 1. The first-order valence-corrected chi connectivity index (χ1v) is 14.3. The van der Waals surface area contributed by atoms with E-state index < -0.39 is 5.54 Å². The Morgan fingerprint density at radius 1 is 1.10 bits per heavy atom. The number of rotatable bonds is 8. The number of piperidine rings is 1. The number of amides is 3. The summed E-state index contributed by atoms with van der Waals surface area (Å²) >= 11 is 12.6. The lowest BCUT2D eigenvalue weighted by atomic mass is 9.81. The van der Waals surface area contributed by atoms with E-state index >= 15 is 0 Å². The lowest BCUT2D eigenvalue weighted by molar-refractivity contribution is -0.134. The summed E-state index contributed by atoms with van der Waals surface area (Å²) in [6.07, 6.45) is 1.74. The van der Waals surface area contributed by atoms with E-state index in [2.05, 4.69) is 36.3 Å². The smallest absolute Gasteiger partial charge is 0.249 e. The topological polar surface area (TPSA) is 81.8 Å². The van der Waals surface area contributed by atoms with E-state index in [9.17, 15) is 14.4 Å². The lowest BCUT2D eigenvalue weighted by Gasteiger charge is -2.43. The van der Waals surface area contributed by atoms with Crippen LogP contribution >= 0.6 is 23.2 Å². The largest absolute Gasteiger partial charge is 0.355 e. The molecule has 0 saturated carbocycles. The molecule has 1 saturated heterocycles. The van der Waals surface area contributed by atoms with Crippen molar-refractivity contribution in [3.05, 3.63) is 63.6 Å². The molecular formula is C30H38Cl2N4O3. The SMILES string of the molecule is CC(=O)N1CCC(C(=O)NCCN(CC(C)(C)C)[C@@]2(Cc3cccc(Cl)c3)C(=O)Nc3cc(Cl)ccc32)CC1. The Labute approximate surface area is 241 Å². The monoisotopic (exact) mass is 572 g/mol.